The molecule has 0 fully saturated rings. The van der Waals surface area contributed by atoms with Crippen molar-refractivity contribution in [3.8, 4) is 11.6 Å². The van der Waals surface area contributed by atoms with Gasteiger partial charge in [0.25, 0.3) is 0 Å². The van der Waals surface area contributed by atoms with E-state index in [9.17, 15) is 0 Å². The number of nitrogens with one attached hydrogen (secondary N) is 1. The molecule has 1 aromatic carbocycles. The van der Waals surface area contributed by atoms with Gasteiger partial charge in [0.1, 0.15) is 5.75 Å². The first kappa shape index (κ1) is 15.4. The summed E-state index contributed by atoms with van der Waals surface area (Å²) >= 11 is 0. The van der Waals surface area contributed by atoms with Crippen molar-refractivity contribution in [3.05, 3.63) is 47.9 Å². The lowest BCUT2D eigenvalue weighted by Crippen LogP contribution is -2.35. The van der Waals surface area contributed by atoms with Gasteiger partial charge >= 0.3 is 0 Å². The average Bonchev–Trinajstić information content (AvgIpc) is 2.45. The molecule has 0 saturated carbocycles. The Morgan fingerprint density at radius 3 is 2.62 bits per heavy atom. The first-order valence-electron chi connectivity index (χ1n) is 7.29. The van der Waals surface area contributed by atoms with Crippen LogP contribution in [-0.2, 0) is 13.0 Å². The minimum Gasteiger partial charge on any atom is -0.437 e. The Balaban J connectivity index is 2.10. The van der Waals surface area contributed by atoms with Crippen LogP contribution in [0.25, 0.3) is 0 Å². The predicted octanol–water partition coefficient (Wildman–Crippen LogP) is 3.72. The number of hydrogen-bond donors (Lipinski definition) is 1. The summed E-state index contributed by atoms with van der Waals surface area (Å²) in [5, 5.41) is 3.39. The van der Waals surface area contributed by atoms with Crippen LogP contribution in [0.2, 0.25) is 0 Å². The summed E-state index contributed by atoms with van der Waals surface area (Å²) in [6.45, 7) is 9.15. The molecule has 0 bridgehead atoms. The zero-order valence-electron chi connectivity index (χ0n) is 13.2. The van der Waals surface area contributed by atoms with Gasteiger partial charge in [-0.25, -0.2) is 4.98 Å². The van der Waals surface area contributed by atoms with Crippen LogP contribution in [-0.4, -0.2) is 15.5 Å². The molecular weight excluding hydrogens is 262 g/mol. The molecule has 21 heavy (non-hydrogen) atoms. The molecule has 0 atom stereocenters. The largest absolute Gasteiger partial charge is 0.437 e. The lowest BCUT2D eigenvalue weighted by atomic mass is 10.1. The maximum absolute atomic E-state index is 5.87. The van der Waals surface area contributed by atoms with Crippen LogP contribution >= 0.6 is 0 Å². The van der Waals surface area contributed by atoms with Crippen molar-refractivity contribution in [2.45, 2.75) is 46.2 Å². The highest BCUT2D eigenvalue weighted by Gasteiger charge is 2.10. The number of rotatable bonds is 5. The molecule has 2 aromatic rings. The fraction of sp³-hybridized carbons (Fsp3) is 0.412. The Hall–Kier alpha value is -1.94. The minimum atomic E-state index is 0.0490. The van der Waals surface area contributed by atoms with Crippen LogP contribution in [0, 0.1) is 0 Å². The van der Waals surface area contributed by atoms with E-state index in [2.05, 4.69) is 49.0 Å². The smallest absolute Gasteiger partial charge is 0.238 e. The van der Waals surface area contributed by atoms with Gasteiger partial charge in [0, 0.05) is 18.3 Å². The molecule has 4 nitrogen and oxygen atoms in total. The standard InChI is InChI=1S/C17H23N3O/c1-5-13-8-6-7-9-15(13)21-16-12-18-10-14(20-16)11-19-17(2,3)4/h6-10,12,19H,5,11H2,1-4H3. The first-order valence-corrected chi connectivity index (χ1v) is 7.29. The summed E-state index contributed by atoms with van der Waals surface area (Å²) < 4.78 is 5.87. The average molecular weight is 285 g/mol. The van der Waals surface area contributed by atoms with E-state index in [4.69, 9.17) is 4.74 Å². The van der Waals surface area contributed by atoms with Crippen LogP contribution < -0.4 is 10.1 Å². The molecule has 1 heterocycles. The quantitative estimate of drug-likeness (QED) is 0.909. The monoisotopic (exact) mass is 285 g/mol. The Morgan fingerprint density at radius 1 is 1.14 bits per heavy atom. The highest BCUT2D eigenvalue weighted by molar-refractivity contribution is 5.35. The van der Waals surface area contributed by atoms with E-state index in [0.717, 1.165) is 23.4 Å². The van der Waals surface area contributed by atoms with Gasteiger partial charge in [-0.05, 0) is 38.8 Å². The van der Waals surface area contributed by atoms with Gasteiger partial charge in [-0.15, -0.1) is 0 Å². The number of ether oxygens (including phenoxy) is 1. The maximum Gasteiger partial charge on any atom is 0.238 e. The van der Waals surface area contributed by atoms with E-state index in [0.29, 0.717) is 12.4 Å². The molecule has 0 saturated heterocycles. The number of hydrogen-bond acceptors (Lipinski definition) is 4. The third kappa shape index (κ3) is 4.83. The topological polar surface area (TPSA) is 47.0 Å². The van der Waals surface area contributed by atoms with E-state index in [1.165, 1.54) is 0 Å². The van der Waals surface area contributed by atoms with Gasteiger partial charge < -0.3 is 10.1 Å². The van der Waals surface area contributed by atoms with Crippen molar-refractivity contribution < 1.29 is 4.74 Å². The SMILES string of the molecule is CCc1ccccc1Oc1cncc(CNC(C)(C)C)n1. The number of para-hydroxylation sites is 1. The zero-order chi connectivity index (χ0) is 15.3. The second-order valence-corrected chi connectivity index (χ2v) is 6.02. The van der Waals surface area contributed by atoms with Crippen LogP contribution in [0.4, 0.5) is 0 Å². The van der Waals surface area contributed by atoms with Crippen molar-refractivity contribution in [2.75, 3.05) is 0 Å². The molecule has 1 N–H and O–H groups in total. The van der Waals surface area contributed by atoms with E-state index < -0.39 is 0 Å². The Kier molecular flexibility index (Phi) is 4.91. The van der Waals surface area contributed by atoms with E-state index in [-0.39, 0.29) is 5.54 Å². The van der Waals surface area contributed by atoms with Crippen molar-refractivity contribution in [1.29, 1.82) is 0 Å². The fourth-order valence-corrected chi connectivity index (χ4v) is 1.88. The fourth-order valence-electron chi connectivity index (χ4n) is 1.88. The molecule has 0 radical (unpaired) electrons. The molecule has 0 unspecified atom stereocenters. The molecule has 1 aromatic heterocycles. The van der Waals surface area contributed by atoms with Crippen LogP contribution in [0.1, 0.15) is 39.0 Å². The van der Waals surface area contributed by atoms with Crippen LogP contribution in [0.5, 0.6) is 11.6 Å². The molecular formula is C17H23N3O. The van der Waals surface area contributed by atoms with Crippen LogP contribution in [0.3, 0.4) is 0 Å². The van der Waals surface area contributed by atoms with Crippen molar-refractivity contribution >= 4 is 0 Å². The molecule has 4 heteroatoms. The van der Waals surface area contributed by atoms with Crippen molar-refractivity contribution in [3.63, 3.8) is 0 Å². The van der Waals surface area contributed by atoms with E-state index >= 15 is 0 Å². The second kappa shape index (κ2) is 6.68. The zero-order valence-corrected chi connectivity index (χ0v) is 13.2. The molecule has 0 aliphatic carbocycles. The van der Waals surface area contributed by atoms with Crippen molar-refractivity contribution in [1.82, 2.24) is 15.3 Å². The molecule has 0 amide bonds. The molecule has 0 spiro atoms. The molecule has 0 aliphatic heterocycles. The summed E-state index contributed by atoms with van der Waals surface area (Å²) in [5.74, 6) is 1.37. The molecule has 2 rings (SSSR count). The summed E-state index contributed by atoms with van der Waals surface area (Å²) in [6, 6.07) is 8.00. The lowest BCUT2D eigenvalue weighted by molar-refractivity contribution is 0.414. The third-order valence-corrected chi connectivity index (χ3v) is 3.03. The number of nitrogens with zero attached hydrogens (tertiary/aromatic N) is 2. The van der Waals surface area contributed by atoms with Gasteiger partial charge in [0.05, 0.1) is 11.9 Å². The molecule has 112 valence electrons. The Bertz CT molecular complexity index is 591. The van der Waals surface area contributed by atoms with Gasteiger partial charge in [0.2, 0.25) is 5.88 Å². The first-order chi connectivity index (χ1) is 9.98. The van der Waals surface area contributed by atoms with Gasteiger partial charge in [-0.2, -0.15) is 0 Å². The third-order valence-electron chi connectivity index (χ3n) is 3.03. The summed E-state index contributed by atoms with van der Waals surface area (Å²) in [6.07, 6.45) is 4.33. The summed E-state index contributed by atoms with van der Waals surface area (Å²) in [7, 11) is 0. The lowest BCUT2D eigenvalue weighted by Gasteiger charge is -2.20. The summed E-state index contributed by atoms with van der Waals surface area (Å²) in [5.41, 5.74) is 2.09. The minimum absolute atomic E-state index is 0.0490. The maximum atomic E-state index is 5.87. The normalized spacial score (nSPS) is 11.4. The van der Waals surface area contributed by atoms with Gasteiger partial charge in [-0.1, -0.05) is 25.1 Å². The Morgan fingerprint density at radius 2 is 1.90 bits per heavy atom. The number of benzene rings is 1. The number of aryl methyl sites for hydroxylation is 1. The van der Waals surface area contributed by atoms with Crippen LogP contribution in [0.15, 0.2) is 36.7 Å². The van der Waals surface area contributed by atoms with E-state index in [1.54, 1.807) is 12.4 Å². The number of aromatic nitrogens is 2. The highest BCUT2D eigenvalue weighted by atomic mass is 16.5. The van der Waals surface area contributed by atoms with Gasteiger partial charge in [0.15, 0.2) is 0 Å². The highest BCUT2D eigenvalue weighted by Crippen LogP contribution is 2.23. The second-order valence-electron chi connectivity index (χ2n) is 6.02. The predicted molar refractivity (Wildman–Crippen MR) is 84.5 cm³/mol. The van der Waals surface area contributed by atoms with Crippen molar-refractivity contribution in [2.24, 2.45) is 0 Å². The summed E-state index contributed by atoms with van der Waals surface area (Å²) in [4.78, 5) is 8.71. The Labute approximate surface area is 126 Å². The van der Waals surface area contributed by atoms with E-state index in [1.807, 2.05) is 18.2 Å². The molecule has 0 aliphatic rings. The van der Waals surface area contributed by atoms with Gasteiger partial charge in [-0.3, -0.25) is 4.98 Å².